The minimum absolute atomic E-state index is 0.00181. The van der Waals surface area contributed by atoms with Gasteiger partial charge in [-0.15, -0.1) is 0 Å². The Balaban J connectivity index is 2.48. The lowest BCUT2D eigenvalue weighted by Gasteiger charge is -2.25. The Kier molecular flexibility index (Phi) is 4.97. The Labute approximate surface area is 98.7 Å². The van der Waals surface area contributed by atoms with Crippen LogP contribution in [0.4, 0.5) is 0 Å². The van der Waals surface area contributed by atoms with E-state index in [0.717, 1.165) is 19.4 Å². The third kappa shape index (κ3) is 4.33. The molecule has 1 aromatic carbocycles. The molecule has 0 amide bonds. The van der Waals surface area contributed by atoms with Crippen LogP contribution in [0, 0.1) is 0 Å². The van der Waals surface area contributed by atoms with Gasteiger partial charge in [-0.1, -0.05) is 31.2 Å². The van der Waals surface area contributed by atoms with E-state index in [1.807, 2.05) is 0 Å². The van der Waals surface area contributed by atoms with E-state index in [0.29, 0.717) is 0 Å². The molecular formula is C14H23NO. The normalized spacial score (nSPS) is 11.8. The molecular weight excluding hydrogens is 198 g/mol. The van der Waals surface area contributed by atoms with E-state index >= 15 is 0 Å². The Hall–Kier alpha value is -0.860. The van der Waals surface area contributed by atoms with Crippen LogP contribution in [-0.4, -0.2) is 17.3 Å². The first-order valence-corrected chi connectivity index (χ1v) is 6.01. The van der Waals surface area contributed by atoms with Crippen LogP contribution in [0.5, 0.6) is 0 Å². The van der Waals surface area contributed by atoms with E-state index in [2.05, 4.69) is 50.4 Å². The van der Waals surface area contributed by atoms with E-state index in [4.69, 9.17) is 5.11 Å². The topological polar surface area (TPSA) is 32.3 Å². The molecule has 0 radical (unpaired) electrons. The number of hydrogen-bond donors (Lipinski definition) is 2. The lowest BCUT2D eigenvalue weighted by molar-refractivity contribution is 0.230. The molecule has 2 nitrogen and oxygen atoms in total. The van der Waals surface area contributed by atoms with Crippen molar-refractivity contribution in [1.29, 1.82) is 0 Å². The molecule has 0 saturated heterocycles. The molecule has 90 valence electrons. The van der Waals surface area contributed by atoms with Crippen LogP contribution in [0.15, 0.2) is 24.3 Å². The van der Waals surface area contributed by atoms with Crippen molar-refractivity contribution in [3.63, 3.8) is 0 Å². The van der Waals surface area contributed by atoms with Gasteiger partial charge in [0.25, 0.3) is 0 Å². The summed E-state index contributed by atoms with van der Waals surface area (Å²) in [4.78, 5) is 0. The van der Waals surface area contributed by atoms with E-state index in [1.165, 1.54) is 11.1 Å². The minimum atomic E-state index is -0.00181. The Morgan fingerprint density at radius 1 is 1.12 bits per heavy atom. The van der Waals surface area contributed by atoms with E-state index in [-0.39, 0.29) is 12.1 Å². The molecule has 16 heavy (non-hydrogen) atoms. The predicted octanol–water partition coefficient (Wildman–Crippen LogP) is 2.50. The number of aryl methyl sites for hydroxylation is 1. The van der Waals surface area contributed by atoms with Crippen molar-refractivity contribution in [1.82, 2.24) is 5.32 Å². The molecule has 0 aliphatic carbocycles. The van der Waals surface area contributed by atoms with Crippen molar-refractivity contribution in [3.05, 3.63) is 35.4 Å². The van der Waals surface area contributed by atoms with E-state index < -0.39 is 0 Å². The van der Waals surface area contributed by atoms with Gasteiger partial charge in [-0.3, -0.25) is 0 Å². The third-order valence-electron chi connectivity index (χ3n) is 2.94. The van der Waals surface area contributed by atoms with Gasteiger partial charge in [-0.2, -0.15) is 0 Å². The highest BCUT2D eigenvalue weighted by Gasteiger charge is 2.15. The summed E-state index contributed by atoms with van der Waals surface area (Å²) in [6.07, 6.45) is 1.86. The van der Waals surface area contributed by atoms with Crippen LogP contribution in [0.3, 0.4) is 0 Å². The molecule has 1 aromatic rings. The van der Waals surface area contributed by atoms with Crippen molar-refractivity contribution in [2.24, 2.45) is 0 Å². The summed E-state index contributed by atoms with van der Waals surface area (Å²) < 4.78 is 0. The summed E-state index contributed by atoms with van der Waals surface area (Å²) >= 11 is 0. The SMILES string of the molecule is CCc1ccc(CNC(C)(C)CCO)cc1. The number of aliphatic hydroxyl groups excluding tert-OH is 1. The largest absolute Gasteiger partial charge is 0.396 e. The highest BCUT2D eigenvalue weighted by molar-refractivity contribution is 5.22. The summed E-state index contributed by atoms with van der Waals surface area (Å²) in [7, 11) is 0. The molecule has 0 saturated carbocycles. The average molecular weight is 221 g/mol. The maximum Gasteiger partial charge on any atom is 0.0448 e. The molecule has 0 bridgehead atoms. The van der Waals surface area contributed by atoms with Gasteiger partial charge in [0.05, 0.1) is 0 Å². The molecule has 0 spiro atoms. The standard InChI is InChI=1S/C14H23NO/c1-4-12-5-7-13(8-6-12)11-15-14(2,3)9-10-16/h5-8,15-16H,4,9-11H2,1-3H3. The van der Waals surface area contributed by atoms with E-state index in [9.17, 15) is 0 Å². The van der Waals surface area contributed by atoms with Crippen molar-refractivity contribution in [2.75, 3.05) is 6.61 Å². The zero-order chi connectivity index (χ0) is 12.0. The smallest absolute Gasteiger partial charge is 0.0448 e. The van der Waals surface area contributed by atoms with Gasteiger partial charge >= 0.3 is 0 Å². The quantitative estimate of drug-likeness (QED) is 0.773. The lowest BCUT2D eigenvalue weighted by Crippen LogP contribution is -2.39. The Morgan fingerprint density at radius 3 is 2.19 bits per heavy atom. The van der Waals surface area contributed by atoms with Crippen molar-refractivity contribution in [3.8, 4) is 0 Å². The van der Waals surface area contributed by atoms with Crippen LogP contribution in [0.25, 0.3) is 0 Å². The van der Waals surface area contributed by atoms with Crippen LogP contribution >= 0.6 is 0 Å². The first kappa shape index (κ1) is 13.2. The molecule has 0 atom stereocenters. The summed E-state index contributed by atoms with van der Waals surface area (Å²) in [5, 5.41) is 12.4. The molecule has 0 fully saturated rings. The van der Waals surface area contributed by atoms with Gasteiger partial charge in [0.15, 0.2) is 0 Å². The molecule has 1 rings (SSSR count). The molecule has 2 heteroatoms. The Morgan fingerprint density at radius 2 is 1.69 bits per heavy atom. The summed E-state index contributed by atoms with van der Waals surface area (Å²) in [6, 6.07) is 8.69. The zero-order valence-corrected chi connectivity index (χ0v) is 10.6. The van der Waals surface area contributed by atoms with Crippen LogP contribution < -0.4 is 5.32 Å². The van der Waals surface area contributed by atoms with Crippen LogP contribution in [0.2, 0.25) is 0 Å². The monoisotopic (exact) mass is 221 g/mol. The summed E-state index contributed by atoms with van der Waals surface area (Å²) in [5.74, 6) is 0. The number of aliphatic hydroxyl groups is 1. The predicted molar refractivity (Wildman–Crippen MR) is 68.4 cm³/mol. The first-order chi connectivity index (χ1) is 7.57. The second-order valence-electron chi connectivity index (χ2n) is 4.88. The fourth-order valence-corrected chi connectivity index (χ4v) is 1.60. The van der Waals surface area contributed by atoms with E-state index in [1.54, 1.807) is 0 Å². The maximum atomic E-state index is 8.93. The molecule has 0 aromatic heterocycles. The van der Waals surface area contributed by atoms with Gasteiger partial charge in [-0.05, 0) is 37.8 Å². The van der Waals surface area contributed by atoms with Gasteiger partial charge in [0.1, 0.15) is 0 Å². The molecule has 0 unspecified atom stereocenters. The fourth-order valence-electron chi connectivity index (χ4n) is 1.60. The molecule has 0 aliphatic rings. The minimum Gasteiger partial charge on any atom is -0.396 e. The van der Waals surface area contributed by atoms with Crippen molar-refractivity contribution < 1.29 is 5.11 Å². The number of nitrogens with one attached hydrogen (secondary N) is 1. The van der Waals surface area contributed by atoms with Crippen LogP contribution in [0.1, 0.15) is 38.3 Å². The second-order valence-corrected chi connectivity index (χ2v) is 4.88. The van der Waals surface area contributed by atoms with Gasteiger partial charge < -0.3 is 10.4 Å². The van der Waals surface area contributed by atoms with Crippen molar-refractivity contribution in [2.45, 2.75) is 45.7 Å². The maximum absolute atomic E-state index is 8.93. The van der Waals surface area contributed by atoms with Crippen molar-refractivity contribution >= 4 is 0 Å². The number of rotatable bonds is 6. The van der Waals surface area contributed by atoms with Gasteiger partial charge in [0, 0.05) is 18.7 Å². The summed E-state index contributed by atoms with van der Waals surface area (Å²) in [5.41, 5.74) is 2.67. The van der Waals surface area contributed by atoms with Crippen LogP contribution in [-0.2, 0) is 13.0 Å². The highest BCUT2D eigenvalue weighted by atomic mass is 16.3. The fraction of sp³-hybridized carbons (Fsp3) is 0.571. The lowest BCUT2D eigenvalue weighted by atomic mass is 10.0. The molecule has 2 N–H and O–H groups in total. The Bertz CT molecular complexity index is 303. The average Bonchev–Trinajstić information content (AvgIpc) is 2.27. The highest BCUT2D eigenvalue weighted by Crippen LogP contribution is 2.10. The van der Waals surface area contributed by atoms with Gasteiger partial charge in [0.2, 0.25) is 0 Å². The molecule has 0 aliphatic heterocycles. The number of hydrogen-bond acceptors (Lipinski definition) is 2. The second kappa shape index (κ2) is 6.02. The van der Waals surface area contributed by atoms with Gasteiger partial charge in [-0.25, -0.2) is 0 Å². The summed E-state index contributed by atoms with van der Waals surface area (Å²) in [6.45, 7) is 7.48. The zero-order valence-electron chi connectivity index (χ0n) is 10.6. The first-order valence-electron chi connectivity index (χ1n) is 6.01. The third-order valence-corrected chi connectivity index (χ3v) is 2.94. The number of benzene rings is 1. The molecule has 0 heterocycles.